The van der Waals surface area contributed by atoms with Crippen molar-refractivity contribution < 1.29 is 0 Å². The topological polar surface area (TPSA) is 18.5 Å². The molecule has 0 saturated carbocycles. The standard InChI is InChI=1S/C19H28ClN3/c20-16-5-3-15(4-6-16)12-19-13-22-11-1-2-18(22)14-23(19)17-7-9-21-10-8-17/h3-6,17-19,21H,1-2,7-14H2/t18-,19-/m0/s1. The van der Waals surface area contributed by atoms with Gasteiger partial charge < -0.3 is 5.32 Å². The van der Waals surface area contributed by atoms with Crippen LogP contribution in [-0.2, 0) is 6.42 Å². The molecule has 23 heavy (non-hydrogen) atoms. The average molecular weight is 334 g/mol. The van der Waals surface area contributed by atoms with Crippen LogP contribution in [0.25, 0.3) is 0 Å². The number of benzene rings is 1. The summed E-state index contributed by atoms with van der Waals surface area (Å²) in [6.45, 7) is 6.20. The summed E-state index contributed by atoms with van der Waals surface area (Å²) in [6, 6.07) is 10.7. The maximum absolute atomic E-state index is 6.05. The fraction of sp³-hybridized carbons (Fsp3) is 0.684. The van der Waals surface area contributed by atoms with Gasteiger partial charge in [-0.2, -0.15) is 0 Å². The number of halogens is 1. The molecule has 3 aliphatic rings. The maximum atomic E-state index is 6.05. The minimum Gasteiger partial charge on any atom is -0.317 e. The molecule has 3 saturated heterocycles. The molecule has 2 atom stereocenters. The Morgan fingerprint density at radius 3 is 2.57 bits per heavy atom. The highest BCUT2D eigenvalue weighted by Gasteiger charge is 2.39. The van der Waals surface area contributed by atoms with E-state index in [2.05, 4.69) is 27.2 Å². The van der Waals surface area contributed by atoms with E-state index >= 15 is 0 Å². The first-order valence-electron chi connectivity index (χ1n) is 9.24. The molecule has 4 rings (SSSR count). The van der Waals surface area contributed by atoms with E-state index in [-0.39, 0.29) is 0 Å². The molecule has 126 valence electrons. The van der Waals surface area contributed by atoms with E-state index in [1.807, 2.05) is 12.1 Å². The van der Waals surface area contributed by atoms with Gasteiger partial charge in [-0.3, -0.25) is 9.80 Å². The van der Waals surface area contributed by atoms with Crippen LogP contribution in [0.2, 0.25) is 5.02 Å². The van der Waals surface area contributed by atoms with Crippen molar-refractivity contribution in [3.63, 3.8) is 0 Å². The molecule has 0 radical (unpaired) electrons. The molecular formula is C19H28ClN3. The fourth-order valence-electron chi connectivity index (χ4n) is 4.77. The van der Waals surface area contributed by atoms with Crippen molar-refractivity contribution in [2.45, 2.75) is 50.2 Å². The lowest BCUT2D eigenvalue weighted by Crippen LogP contribution is -2.61. The lowest BCUT2D eigenvalue weighted by Gasteiger charge is -2.48. The highest BCUT2D eigenvalue weighted by Crippen LogP contribution is 2.29. The first kappa shape index (κ1) is 15.9. The van der Waals surface area contributed by atoms with Gasteiger partial charge in [0.1, 0.15) is 0 Å². The Kier molecular flexibility index (Phi) is 4.91. The van der Waals surface area contributed by atoms with Crippen molar-refractivity contribution in [2.75, 3.05) is 32.7 Å². The van der Waals surface area contributed by atoms with E-state index in [1.54, 1.807) is 0 Å². The average Bonchev–Trinajstić information content (AvgIpc) is 3.04. The number of nitrogens with zero attached hydrogens (tertiary/aromatic N) is 2. The minimum atomic E-state index is 0.661. The number of hydrogen-bond acceptors (Lipinski definition) is 3. The molecule has 0 aromatic heterocycles. The summed E-state index contributed by atoms with van der Waals surface area (Å²) in [5.41, 5.74) is 1.43. The Balaban J connectivity index is 1.51. The third kappa shape index (κ3) is 3.58. The molecule has 0 spiro atoms. The van der Waals surface area contributed by atoms with Crippen LogP contribution in [0.1, 0.15) is 31.2 Å². The van der Waals surface area contributed by atoms with Crippen LogP contribution in [-0.4, -0.2) is 60.6 Å². The predicted octanol–water partition coefficient (Wildman–Crippen LogP) is 2.78. The second-order valence-electron chi connectivity index (χ2n) is 7.45. The Labute approximate surface area is 145 Å². The summed E-state index contributed by atoms with van der Waals surface area (Å²) in [6.07, 6.45) is 6.56. The number of piperazine rings is 1. The summed E-state index contributed by atoms with van der Waals surface area (Å²) in [4.78, 5) is 5.61. The van der Waals surface area contributed by atoms with Crippen LogP contribution in [0.4, 0.5) is 0 Å². The molecule has 1 aromatic rings. The molecule has 0 unspecified atom stereocenters. The van der Waals surface area contributed by atoms with Crippen LogP contribution in [0, 0.1) is 0 Å². The van der Waals surface area contributed by atoms with E-state index in [1.165, 1.54) is 64.0 Å². The van der Waals surface area contributed by atoms with Gasteiger partial charge in [-0.05, 0) is 69.4 Å². The van der Waals surface area contributed by atoms with Crippen LogP contribution in [0.15, 0.2) is 24.3 Å². The number of hydrogen-bond donors (Lipinski definition) is 1. The smallest absolute Gasteiger partial charge is 0.0406 e. The quantitative estimate of drug-likeness (QED) is 0.917. The van der Waals surface area contributed by atoms with Gasteiger partial charge in [0.15, 0.2) is 0 Å². The summed E-state index contributed by atoms with van der Waals surface area (Å²) in [7, 11) is 0. The lowest BCUT2D eigenvalue weighted by atomic mass is 9.94. The zero-order valence-electron chi connectivity index (χ0n) is 13.9. The van der Waals surface area contributed by atoms with Crippen molar-refractivity contribution in [2.24, 2.45) is 0 Å². The monoisotopic (exact) mass is 333 g/mol. The molecule has 0 aliphatic carbocycles. The SMILES string of the molecule is Clc1ccc(C[C@H]2CN3CCC[C@H]3CN2C2CCNCC2)cc1. The predicted molar refractivity (Wildman–Crippen MR) is 96.1 cm³/mol. The van der Waals surface area contributed by atoms with Crippen molar-refractivity contribution >= 4 is 11.6 Å². The van der Waals surface area contributed by atoms with Crippen molar-refractivity contribution in [1.29, 1.82) is 0 Å². The zero-order valence-corrected chi connectivity index (χ0v) is 14.6. The van der Waals surface area contributed by atoms with Gasteiger partial charge in [0, 0.05) is 36.2 Å². The van der Waals surface area contributed by atoms with Gasteiger partial charge in [0.25, 0.3) is 0 Å². The second-order valence-corrected chi connectivity index (χ2v) is 7.89. The Hall–Kier alpha value is -0.610. The van der Waals surface area contributed by atoms with Gasteiger partial charge in [-0.25, -0.2) is 0 Å². The number of rotatable bonds is 3. The van der Waals surface area contributed by atoms with Crippen molar-refractivity contribution in [3.05, 3.63) is 34.9 Å². The van der Waals surface area contributed by atoms with Crippen LogP contribution >= 0.6 is 11.6 Å². The number of fused-ring (bicyclic) bond motifs is 1. The van der Waals surface area contributed by atoms with Gasteiger partial charge in [0.05, 0.1) is 0 Å². The van der Waals surface area contributed by atoms with Crippen LogP contribution < -0.4 is 5.32 Å². The molecule has 0 bridgehead atoms. The summed E-state index contributed by atoms with van der Waals surface area (Å²) >= 11 is 6.05. The first-order chi connectivity index (χ1) is 11.3. The summed E-state index contributed by atoms with van der Waals surface area (Å²) in [5.74, 6) is 0. The Bertz CT molecular complexity index is 512. The van der Waals surface area contributed by atoms with E-state index < -0.39 is 0 Å². The Morgan fingerprint density at radius 2 is 1.78 bits per heavy atom. The second kappa shape index (κ2) is 7.10. The summed E-state index contributed by atoms with van der Waals surface area (Å²) < 4.78 is 0. The molecule has 3 aliphatic heterocycles. The number of piperidine rings is 1. The molecular weight excluding hydrogens is 306 g/mol. The normalized spacial score (nSPS) is 30.5. The fourth-order valence-corrected chi connectivity index (χ4v) is 4.90. The Morgan fingerprint density at radius 1 is 1.00 bits per heavy atom. The minimum absolute atomic E-state index is 0.661. The molecule has 1 aromatic carbocycles. The van der Waals surface area contributed by atoms with E-state index in [4.69, 9.17) is 11.6 Å². The third-order valence-electron chi connectivity index (χ3n) is 6.00. The van der Waals surface area contributed by atoms with E-state index in [0.29, 0.717) is 6.04 Å². The summed E-state index contributed by atoms with van der Waals surface area (Å²) in [5, 5.41) is 4.36. The van der Waals surface area contributed by atoms with Gasteiger partial charge >= 0.3 is 0 Å². The lowest BCUT2D eigenvalue weighted by molar-refractivity contribution is 0.0109. The van der Waals surface area contributed by atoms with Gasteiger partial charge in [-0.1, -0.05) is 23.7 Å². The zero-order chi connectivity index (χ0) is 15.6. The maximum Gasteiger partial charge on any atom is 0.0406 e. The molecule has 4 heteroatoms. The first-order valence-corrected chi connectivity index (χ1v) is 9.62. The molecule has 3 heterocycles. The third-order valence-corrected chi connectivity index (χ3v) is 6.25. The molecule has 0 amide bonds. The molecule has 3 fully saturated rings. The van der Waals surface area contributed by atoms with E-state index in [0.717, 1.165) is 23.5 Å². The highest BCUT2D eigenvalue weighted by atomic mass is 35.5. The molecule has 1 N–H and O–H groups in total. The van der Waals surface area contributed by atoms with Gasteiger partial charge in [0.2, 0.25) is 0 Å². The number of nitrogens with one attached hydrogen (secondary N) is 1. The highest BCUT2D eigenvalue weighted by molar-refractivity contribution is 6.30. The van der Waals surface area contributed by atoms with Crippen molar-refractivity contribution in [1.82, 2.24) is 15.1 Å². The van der Waals surface area contributed by atoms with Gasteiger partial charge in [-0.15, -0.1) is 0 Å². The van der Waals surface area contributed by atoms with Crippen molar-refractivity contribution in [3.8, 4) is 0 Å². The van der Waals surface area contributed by atoms with Crippen LogP contribution in [0.5, 0.6) is 0 Å². The molecule has 3 nitrogen and oxygen atoms in total. The van der Waals surface area contributed by atoms with E-state index in [9.17, 15) is 0 Å². The van der Waals surface area contributed by atoms with Crippen LogP contribution in [0.3, 0.4) is 0 Å². The largest absolute Gasteiger partial charge is 0.317 e.